The third kappa shape index (κ3) is 2.83. The van der Waals surface area contributed by atoms with E-state index in [0.29, 0.717) is 10.6 Å². The van der Waals surface area contributed by atoms with E-state index < -0.39 is 5.91 Å². The fraction of sp³-hybridized carbons (Fsp3) is 0. The van der Waals surface area contributed by atoms with Crippen molar-refractivity contribution >= 4 is 17.5 Å². The van der Waals surface area contributed by atoms with Crippen LogP contribution in [0.3, 0.4) is 0 Å². The molecule has 0 saturated carbocycles. The highest BCUT2D eigenvalue weighted by molar-refractivity contribution is 6.30. The molecule has 0 aliphatic carbocycles. The molecular formula is C15H10ClN3O3. The molecule has 0 spiro atoms. The van der Waals surface area contributed by atoms with Crippen LogP contribution in [0.2, 0.25) is 5.02 Å². The van der Waals surface area contributed by atoms with E-state index in [1.54, 1.807) is 12.1 Å². The van der Waals surface area contributed by atoms with Crippen molar-refractivity contribution in [2.24, 2.45) is 0 Å². The first-order valence-electron chi connectivity index (χ1n) is 6.31. The van der Waals surface area contributed by atoms with Crippen molar-refractivity contribution < 1.29 is 14.4 Å². The molecule has 0 unspecified atom stereocenters. The first-order valence-corrected chi connectivity index (χ1v) is 6.69. The van der Waals surface area contributed by atoms with E-state index in [2.05, 4.69) is 10.2 Å². The third-order valence-corrected chi connectivity index (χ3v) is 3.28. The Morgan fingerprint density at radius 1 is 0.955 bits per heavy atom. The molecule has 2 aromatic carbocycles. The number of carbonyl (C=O) groups is 1. The lowest BCUT2D eigenvalue weighted by molar-refractivity contribution is 0.0669. The monoisotopic (exact) mass is 315 g/mol. The molecule has 22 heavy (non-hydrogen) atoms. The number of aromatic nitrogens is 2. The molecule has 0 aliphatic rings. The molecule has 1 heterocycles. The highest BCUT2D eigenvalue weighted by atomic mass is 35.5. The highest BCUT2D eigenvalue weighted by Crippen LogP contribution is 2.25. The second-order valence-corrected chi connectivity index (χ2v) is 4.87. The molecule has 6 nitrogen and oxygen atoms in total. The number of hydrogen-bond donors (Lipinski definition) is 2. The Morgan fingerprint density at radius 2 is 1.50 bits per heavy atom. The maximum atomic E-state index is 11.2. The Hall–Kier alpha value is -2.70. The summed E-state index contributed by atoms with van der Waals surface area (Å²) in [5, 5.41) is 16.5. The van der Waals surface area contributed by atoms with Crippen molar-refractivity contribution in [2.75, 3.05) is 0 Å². The van der Waals surface area contributed by atoms with Crippen molar-refractivity contribution in [1.82, 2.24) is 15.7 Å². The lowest BCUT2D eigenvalue weighted by Gasteiger charge is -2.02. The Morgan fingerprint density at radius 3 is 2.09 bits per heavy atom. The van der Waals surface area contributed by atoms with Crippen LogP contribution in [0.5, 0.6) is 0 Å². The minimum absolute atomic E-state index is 0.196. The molecule has 0 saturated heterocycles. The molecule has 0 atom stereocenters. The molecule has 3 rings (SSSR count). The van der Waals surface area contributed by atoms with Gasteiger partial charge in [0.15, 0.2) is 0 Å². The van der Waals surface area contributed by atoms with E-state index in [4.69, 9.17) is 21.2 Å². The molecule has 110 valence electrons. The van der Waals surface area contributed by atoms with Crippen LogP contribution < -0.4 is 5.48 Å². The van der Waals surface area contributed by atoms with Crippen LogP contribution in [0, 0.1) is 0 Å². The van der Waals surface area contributed by atoms with Gasteiger partial charge in [-0.05, 0) is 35.4 Å². The Labute approximate surface area is 130 Å². The number of rotatable bonds is 3. The first kappa shape index (κ1) is 14.2. The average Bonchev–Trinajstić information content (AvgIpc) is 3.05. The summed E-state index contributed by atoms with van der Waals surface area (Å²) in [5.41, 5.74) is 4.14. The minimum Gasteiger partial charge on any atom is -0.412 e. The molecule has 0 aliphatic heterocycles. The third-order valence-electron chi connectivity index (χ3n) is 3.03. The second kappa shape index (κ2) is 5.97. The summed E-state index contributed by atoms with van der Waals surface area (Å²) in [7, 11) is 0. The maximum Gasteiger partial charge on any atom is 0.332 e. The topological polar surface area (TPSA) is 88.2 Å². The number of carbonyl (C=O) groups excluding carboxylic acids is 1. The second-order valence-electron chi connectivity index (χ2n) is 4.44. The van der Waals surface area contributed by atoms with Crippen LogP contribution in [-0.2, 0) is 0 Å². The number of halogens is 1. The van der Waals surface area contributed by atoms with Crippen molar-refractivity contribution in [3.05, 3.63) is 59.4 Å². The van der Waals surface area contributed by atoms with Gasteiger partial charge in [0.05, 0.1) is 0 Å². The van der Waals surface area contributed by atoms with Gasteiger partial charge in [-0.25, -0.2) is 5.48 Å². The molecule has 1 aromatic heterocycles. The first-order chi connectivity index (χ1) is 10.7. The van der Waals surface area contributed by atoms with Gasteiger partial charge in [-0.3, -0.25) is 10.0 Å². The van der Waals surface area contributed by atoms with Gasteiger partial charge in [-0.15, -0.1) is 10.2 Å². The number of benzene rings is 2. The summed E-state index contributed by atoms with van der Waals surface area (Å²) in [5.74, 6) is -0.961. The molecule has 0 radical (unpaired) electrons. The predicted octanol–water partition coefficient (Wildman–Crippen LogP) is 3.18. The molecule has 2 N–H and O–H groups in total. The van der Waals surface area contributed by atoms with E-state index in [9.17, 15) is 4.79 Å². The number of hydrogen-bond acceptors (Lipinski definition) is 5. The SMILES string of the molecule is O=C(NO)c1nnc(-c2ccc(-c3ccc(Cl)cc3)cc2)o1. The van der Waals surface area contributed by atoms with Crippen LogP contribution in [0.4, 0.5) is 0 Å². The Bertz CT molecular complexity index is 798. The summed E-state index contributed by atoms with van der Waals surface area (Å²) in [6.07, 6.45) is 0. The van der Waals surface area contributed by atoms with Gasteiger partial charge in [0.1, 0.15) is 0 Å². The zero-order valence-electron chi connectivity index (χ0n) is 11.2. The van der Waals surface area contributed by atoms with E-state index in [-0.39, 0.29) is 11.8 Å². The molecule has 7 heteroatoms. The van der Waals surface area contributed by atoms with Crippen molar-refractivity contribution in [3.63, 3.8) is 0 Å². The largest absolute Gasteiger partial charge is 0.412 e. The minimum atomic E-state index is -0.850. The number of nitrogens with zero attached hydrogens (tertiary/aromatic N) is 2. The normalized spacial score (nSPS) is 10.5. The zero-order valence-corrected chi connectivity index (χ0v) is 11.9. The Kier molecular flexibility index (Phi) is 3.86. The van der Waals surface area contributed by atoms with Gasteiger partial charge in [0, 0.05) is 10.6 Å². The van der Waals surface area contributed by atoms with E-state index >= 15 is 0 Å². The van der Waals surface area contributed by atoms with Crippen molar-refractivity contribution in [3.8, 4) is 22.6 Å². The van der Waals surface area contributed by atoms with Crippen LogP contribution in [0.1, 0.15) is 10.7 Å². The quantitative estimate of drug-likeness (QED) is 0.572. The number of hydroxylamine groups is 1. The van der Waals surface area contributed by atoms with E-state index in [1.165, 1.54) is 5.48 Å². The fourth-order valence-electron chi connectivity index (χ4n) is 1.93. The smallest absolute Gasteiger partial charge is 0.332 e. The summed E-state index contributed by atoms with van der Waals surface area (Å²) in [6.45, 7) is 0. The molecule has 1 amide bonds. The van der Waals surface area contributed by atoms with E-state index in [1.807, 2.05) is 36.4 Å². The standard InChI is InChI=1S/C15H10ClN3O3/c16-12-7-5-10(6-8-12)9-1-3-11(4-2-9)14-17-18-15(22-14)13(20)19-21/h1-8,21H,(H,19,20). The van der Waals surface area contributed by atoms with Crippen LogP contribution in [0.15, 0.2) is 52.9 Å². The van der Waals surface area contributed by atoms with Crippen LogP contribution in [-0.4, -0.2) is 21.3 Å². The highest BCUT2D eigenvalue weighted by Gasteiger charge is 2.14. The summed E-state index contributed by atoms with van der Waals surface area (Å²) < 4.78 is 5.17. The molecular weight excluding hydrogens is 306 g/mol. The van der Waals surface area contributed by atoms with Gasteiger partial charge in [0.25, 0.3) is 0 Å². The van der Waals surface area contributed by atoms with Crippen LogP contribution >= 0.6 is 11.6 Å². The fourth-order valence-corrected chi connectivity index (χ4v) is 2.05. The van der Waals surface area contributed by atoms with Crippen molar-refractivity contribution in [1.29, 1.82) is 0 Å². The van der Waals surface area contributed by atoms with Crippen molar-refractivity contribution in [2.45, 2.75) is 0 Å². The van der Waals surface area contributed by atoms with Gasteiger partial charge < -0.3 is 4.42 Å². The average molecular weight is 316 g/mol. The lowest BCUT2D eigenvalue weighted by atomic mass is 10.0. The molecule has 0 bridgehead atoms. The number of nitrogens with one attached hydrogen (secondary N) is 1. The summed E-state index contributed by atoms with van der Waals surface area (Å²) in [4.78, 5) is 11.2. The number of amides is 1. The molecule has 3 aromatic rings. The predicted molar refractivity (Wildman–Crippen MR) is 79.4 cm³/mol. The van der Waals surface area contributed by atoms with Crippen LogP contribution in [0.25, 0.3) is 22.6 Å². The Balaban J connectivity index is 1.86. The van der Waals surface area contributed by atoms with Gasteiger partial charge in [0.2, 0.25) is 5.89 Å². The van der Waals surface area contributed by atoms with Gasteiger partial charge in [-0.1, -0.05) is 35.9 Å². The van der Waals surface area contributed by atoms with Gasteiger partial charge >= 0.3 is 11.8 Å². The lowest BCUT2D eigenvalue weighted by Crippen LogP contribution is -2.18. The maximum absolute atomic E-state index is 11.2. The van der Waals surface area contributed by atoms with E-state index in [0.717, 1.165) is 11.1 Å². The van der Waals surface area contributed by atoms with Gasteiger partial charge in [-0.2, -0.15) is 0 Å². The zero-order chi connectivity index (χ0) is 15.5. The molecule has 0 fully saturated rings. The summed E-state index contributed by atoms with van der Waals surface area (Å²) in [6, 6.07) is 14.9. The summed E-state index contributed by atoms with van der Waals surface area (Å²) >= 11 is 5.87.